The summed E-state index contributed by atoms with van der Waals surface area (Å²) < 4.78 is 11.8. The van der Waals surface area contributed by atoms with Gasteiger partial charge in [-0.25, -0.2) is 0 Å². The molecule has 2 aromatic rings. The second-order valence-corrected chi connectivity index (χ2v) is 8.65. The second kappa shape index (κ2) is 10.6. The van der Waals surface area contributed by atoms with Crippen molar-refractivity contribution in [2.24, 2.45) is 5.92 Å². The number of para-hydroxylation sites is 1. The van der Waals surface area contributed by atoms with Crippen molar-refractivity contribution >= 4 is 11.8 Å². The minimum absolute atomic E-state index is 0.0230. The summed E-state index contributed by atoms with van der Waals surface area (Å²) in [5.41, 5.74) is 0.492. The highest BCUT2D eigenvalue weighted by Gasteiger charge is 2.41. The number of hydrogen-bond donors (Lipinski definition) is 1. The van der Waals surface area contributed by atoms with E-state index in [1.807, 2.05) is 35.2 Å². The van der Waals surface area contributed by atoms with Gasteiger partial charge >= 0.3 is 0 Å². The molecule has 2 amide bonds. The van der Waals surface area contributed by atoms with E-state index in [1.165, 1.54) is 0 Å². The van der Waals surface area contributed by atoms with Gasteiger partial charge in [0, 0.05) is 44.2 Å². The molecule has 7 nitrogen and oxygen atoms in total. The molecule has 3 heterocycles. The van der Waals surface area contributed by atoms with Gasteiger partial charge in [-0.15, -0.1) is 0 Å². The summed E-state index contributed by atoms with van der Waals surface area (Å²) in [5.74, 6) is 1.20. The summed E-state index contributed by atoms with van der Waals surface area (Å²) in [6.07, 6.45) is 7.90. The number of ether oxygens (including phenoxy) is 2. The summed E-state index contributed by atoms with van der Waals surface area (Å²) in [6.45, 7) is 2.86. The van der Waals surface area contributed by atoms with E-state index in [4.69, 9.17) is 9.47 Å². The van der Waals surface area contributed by atoms with Crippen LogP contribution in [0.25, 0.3) is 0 Å². The van der Waals surface area contributed by atoms with Gasteiger partial charge in [0.25, 0.3) is 11.8 Å². The maximum Gasteiger partial charge on any atom is 0.260 e. The third kappa shape index (κ3) is 5.85. The Hall–Kier alpha value is -2.93. The molecule has 170 valence electrons. The van der Waals surface area contributed by atoms with Crippen molar-refractivity contribution < 1.29 is 19.1 Å². The first-order valence-electron chi connectivity index (χ1n) is 11.4. The van der Waals surface area contributed by atoms with Crippen LogP contribution in [0.4, 0.5) is 0 Å². The summed E-state index contributed by atoms with van der Waals surface area (Å²) >= 11 is 0. The van der Waals surface area contributed by atoms with E-state index in [0.717, 1.165) is 38.7 Å². The topological polar surface area (TPSA) is 80.8 Å². The first-order chi connectivity index (χ1) is 15.6. The SMILES string of the molecule is O=C(NCCC1CCOC2(CCN(C(=O)COc3ccccc3)CC2)C1)c1ccncc1. The highest BCUT2D eigenvalue weighted by Crippen LogP contribution is 2.38. The highest BCUT2D eigenvalue weighted by atomic mass is 16.5. The molecule has 32 heavy (non-hydrogen) atoms. The average Bonchev–Trinajstić information content (AvgIpc) is 2.84. The van der Waals surface area contributed by atoms with Gasteiger partial charge in [0.15, 0.2) is 6.61 Å². The van der Waals surface area contributed by atoms with Gasteiger partial charge in [-0.2, -0.15) is 0 Å². The Morgan fingerprint density at radius 1 is 1.12 bits per heavy atom. The smallest absolute Gasteiger partial charge is 0.260 e. The lowest BCUT2D eigenvalue weighted by atomic mass is 9.78. The molecule has 7 heteroatoms. The number of aromatic nitrogens is 1. The number of pyridine rings is 1. The third-order valence-electron chi connectivity index (χ3n) is 6.51. The van der Waals surface area contributed by atoms with E-state index in [0.29, 0.717) is 36.9 Å². The molecule has 0 bridgehead atoms. The van der Waals surface area contributed by atoms with Crippen molar-refractivity contribution in [3.63, 3.8) is 0 Å². The first kappa shape index (κ1) is 22.3. The predicted octanol–water partition coefficient (Wildman–Crippen LogP) is 3.07. The molecule has 4 rings (SSSR count). The van der Waals surface area contributed by atoms with Crippen LogP contribution >= 0.6 is 0 Å². The molecule has 1 aromatic carbocycles. The molecule has 0 saturated carbocycles. The van der Waals surface area contributed by atoms with Crippen LogP contribution in [0.3, 0.4) is 0 Å². The van der Waals surface area contributed by atoms with E-state index in [2.05, 4.69) is 10.3 Å². The zero-order chi connectivity index (χ0) is 22.2. The number of benzene rings is 1. The maximum atomic E-state index is 12.5. The van der Waals surface area contributed by atoms with Crippen LogP contribution in [0.5, 0.6) is 5.75 Å². The summed E-state index contributed by atoms with van der Waals surface area (Å²) in [5, 5.41) is 3.01. The molecular formula is C25H31N3O4. The van der Waals surface area contributed by atoms with Crippen molar-refractivity contribution in [3.05, 3.63) is 60.4 Å². The van der Waals surface area contributed by atoms with Crippen LogP contribution in [0.1, 0.15) is 42.5 Å². The Bertz CT molecular complexity index is 883. The largest absolute Gasteiger partial charge is 0.484 e. The molecule has 2 fully saturated rings. The fourth-order valence-electron chi connectivity index (χ4n) is 4.64. The molecule has 0 aliphatic carbocycles. The van der Waals surface area contributed by atoms with Gasteiger partial charge in [0.1, 0.15) is 5.75 Å². The van der Waals surface area contributed by atoms with Crippen LogP contribution in [-0.4, -0.2) is 60.1 Å². The Morgan fingerprint density at radius 2 is 1.88 bits per heavy atom. The lowest BCUT2D eigenvalue weighted by Gasteiger charge is -2.46. The van der Waals surface area contributed by atoms with E-state index >= 15 is 0 Å². The van der Waals surface area contributed by atoms with Crippen molar-refractivity contribution in [1.82, 2.24) is 15.2 Å². The van der Waals surface area contributed by atoms with Crippen LogP contribution < -0.4 is 10.1 Å². The highest BCUT2D eigenvalue weighted by molar-refractivity contribution is 5.93. The second-order valence-electron chi connectivity index (χ2n) is 8.65. The molecule has 0 radical (unpaired) electrons. The zero-order valence-electron chi connectivity index (χ0n) is 18.4. The lowest BCUT2D eigenvalue weighted by molar-refractivity contribution is -0.148. The Morgan fingerprint density at radius 3 is 2.62 bits per heavy atom. The van der Waals surface area contributed by atoms with E-state index in [1.54, 1.807) is 24.5 Å². The van der Waals surface area contributed by atoms with Gasteiger partial charge in [-0.05, 0) is 62.3 Å². The Labute approximate surface area is 189 Å². The summed E-state index contributed by atoms with van der Waals surface area (Å²) in [7, 11) is 0. The maximum absolute atomic E-state index is 12.5. The van der Waals surface area contributed by atoms with Gasteiger partial charge in [0.05, 0.1) is 5.60 Å². The molecule has 1 atom stereocenters. The Balaban J connectivity index is 1.19. The van der Waals surface area contributed by atoms with Gasteiger partial charge in [0.2, 0.25) is 0 Å². The minimum atomic E-state index is -0.144. The number of piperidine rings is 1. The normalized spacial score (nSPS) is 20.0. The van der Waals surface area contributed by atoms with E-state index < -0.39 is 0 Å². The fraction of sp³-hybridized carbons (Fsp3) is 0.480. The number of nitrogens with zero attached hydrogens (tertiary/aromatic N) is 2. The van der Waals surface area contributed by atoms with Crippen LogP contribution in [0, 0.1) is 5.92 Å². The lowest BCUT2D eigenvalue weighted by Crippen LogP contribution is -2.51. The van der Waals surface area contributed by atoms with Gasteiger partial charge in [-0.1, -0.05) is 18.2 Å². The van der Waals surface area contributed by atoms with Crippen molar-refractivity contribution in [3.8, 4) is 5.75 Å². The van der Waals surface area contributed by atoms with Gasteiger partial charge < -0.3 is 19.7 Å². The quantitative estimate of drug-likeness (QED) is 0.720. The fourth-order valence-corrected chi connectivity index (χ4v) is 4.64. The number of hydrogen-bond acceptors (Lipinski definition) is 5. The molecule has 1 aromatic heterocycles. The summed E-state index contributed by atoms with van der Waals surface area (Å²) in [6, 6.07) is 12.9. The minimum Gasteiger partial charge on any atom is -0.484 e. The van der Waals surface area contributed by atoms with Crippen LogP contribution in [0.15, 0.2) is 54.9 Å². The van der Waals surface area contributed by atoms with Crippen molar-refractivity contribution in [2.45, 2.75) is 37.7 Å². The molecule has 1 unspecified atom stereocenters. The molecule has 2 aliphatic rings. The van der Waals surface area contributed by atoms with Crippen molar-refractivity contribution in [2.75, 3.05) is 32.8 Å². The number of rotatable bonds is 7. The van der Waals surface area contributed by atoms with Gasteiger partial charge in [-0.3, -0.25) is 14.6 Å². The monoisotopic (exact) mass is 437 g/mol. The average molecular weight is 438 g/mol. The van der Waals surface area contributed by atoms with E-state index in [-0.39, 0.29) is 24.0 Å². The Kier molecular flexibility index (Phi) is 7.37. The number of nitrogens with one attached hydrogen (secondary N) is 1. The number of amides is 2. The molecular weight excluding hydrogens is 406 g/mol. The zero-order valence-corrected chi connectivity index (χ0v) is 18.4. The number of carbonyl (C=O) groups excluding carboxylic acids is 2. The number of carbonyl (C=O) groups is 2. The molecule has 2 aliphatic heterocycles. The third-order valence-corrected chi connectivity index (χ3v) is 6.51. The first-order valence-corrected chi connectivity index (χ1v) is 11.4. The summed E-state index contributed by atoms with van der Waals surface area (Å²) in [4.78, 5) is 30.6. The standard InChI is InChI=1S/C25H31N3O4/c29-23(19-31-22-4-2-1-3-5-22)28-15-10-25(11-16-28)18-20(9-17-32-25)6-14-27-24(30)21-7-12-26-13-8-21/h1-5,7-8,12-13,20H,6,9-11,14-19H2,(H,27,30). The van der Waals surface area contributed by atoms with Crippen molar-refractivity contribution in [1.29, 1.82) is 0 Å². The predicted molar refractivity (Wildman–Crippen MR) is 120 cm³/mol. The molecule has 1 spiro atoms. The number of likely N-dealkylation sites (tertiary alicyclic amines) is 1. The molecule has 2 saturated heterocycles. The molecule has 1 N–H and O–H groups in total. The van der Waals surface area contributed by atoms with Crippen LogP contribution in [0.2, 0.25) is 0 Å². The van der Waals surface area contributed by atoms with Crippen LogP contribution in [-0.2, 0) is 9.53 Å². The van der Waals surface area contributed by atoms with E-state index in [9.17, 15) is 9.59 Å².